The number of hydrogen-bond acceptors (Lipinski definition) is 7. The normalized spacial score (nSPS) is 17.6. The summed E-state index contributed by atoms with van der Waals surface area (Å²) in [6.45, 7) is 0.660. The van der Waals surface area contributed by atoms with Crippen molar-refractivity contribution in [3.8, 4) is 0 Å². The smallest absolute Gasteiger partial charge is 0.327 e. The van der Waals surface area contributed by atoms with Gasteiger partial charge >= 0.3 is 5.97 Å². The molecule has 4 atom stereocenters. The lowest BCUT2D eigenvalue weighted by Crippen LogP contribution is -2.58. The average molecular weight is 519 g/mol. The molecule has 0 radical (unpaired) electrons. The summed E-state index contributed by atoms with van der Waals surface area (Å²) >= 11 is 3.96. The fourth-order valence-electron chi connectivity index (χ4n) is 4.05. The number of benzene rings is 1. The van der Waals surface area contributed by atoms with Gasteiger partial charge < -0.3 is 37.1 Å². The lowest BCUT2D eigenvalue weighted by Gasteiger charge is -2.24. The molecular weight excluding hydrogens is 488 g/mol. The van der Waals surface area contributed by atoms with Crippen molar-refractivity contribution in [1.29, 1.82) is 0 Å². The van der Waals surface area contributed by atoms with Crippen LogP contribution in [0.4, 0.5) is 0 Å². The number of carbonyl (C=O) groups excluding carboxylic acids is 4. The minimum absolute atomic E-state index is 0.0158. The van der Waals surface area contributed by atoms with E-state index in [0.717, 1.165) is 17.3 Å². The van der Waals surface area contributed by atoms with Gasteiger partial charge in [-0.2, -0.15) is 12.6 Å². The van der Waals surface area contributed by atoms with E-state index in [2.05, 4.69) is 38.9 Å². The summed E-state index contributed by atoms with van der Waals surface area (Å²) in [4.78, 5) is 64.9. The molecule has 1 aliphatic rings. The van der Waals surface area contributed by atoms with Crippen molar-refractivity contribution < 1.29 is 29.1 Å². The first-order valence-corrected chi connectivity index (χ1v) is 12.1. The number of para-hydroxylation sites is 1. The Morgan fingerprint density at radius 1 is 1.06 bits per heavy atom. The zero-order valence-electron chi connectivity index (χ0n) is 19.5. The van der Waals surface area contributed by atoms with Crippen LogP contribution in [0.3, 0.4) is 0 Å². The van der Waals surface area contributed by atoms with Gasteiger partial charge in [-0.25, -0.2) is 4.79 Å². The maximum Gasteiger partial charge on any atom is 0.327 e. The van der Waals surface area contributed by atoms with Crippen LogP contribution in [0.25, 0.3) is 10.9 Å². The second-order valence-corrected chi connectivity index (χ2v) is 8.95. The van der Waals surface area contributed by atoms with Gasteiger partial charge in [0.25, 0.3) is 0 Å². The van der Waals surface area contributed by atoms with Gasteiger partial charge in [0.05, 0.1) is 12.5 Å². The van der Waals surface area contributed by atoms with Gasteiger partial charge in [0.1, 0.15) is 18.1 Å². The van der Waals surface area contributed by atoms with E-state index in [4.69, 9.17) is 5.73 Å². The summed E-state index contributed by atoms with van der Waals surface area (Å²) in [5, 5.41) is 20.6. The lowest BCUT2D eigenvalue weighted by molar-refractivity contribution is -0.141. The summed E-state index contributed by atoms with van der Waals surface area (Å²) < 4.78 is 0. The van der Waals surface area contributed by atoms with Crippen molar-refractivity contribution >= 4 is 53.1 Å². The molecule has 1 aromatic carbocycles. The van der Waals surface area contributed by atoms with E-state index < -0.39 is 60.2 Å². The van der Waals surface area contributed by atoms with Crippen molar-refractivity contribution in [3.05, 3.63) is 36.0 Å². The predicted octanol–water partition coefficient (Wildman–Crippen LogP) is -1.19. The number of carboxylic acids is 1. The molecule has 12 nitrogen and oxygen atoms in total. The number of primary amides is 1. The zero-order valence-corrected chi connectivity index (χ0v) is 20.3. The number of carbonyl (C=O) groups is 5. The van der Waals surface area contributed by atoms with Crippen LogP contribution in [-0.4, -0.2) is 76.2 Å². The first-order chi connectivity index (χ1) is 17.2. The van der Waals surface area contributed by atoms with Gasteiger partial charge in [-0.1, -0.05) is 18.2 Å². The van der Waals surface area contributed by atoms with Crippen molar-refractivity contribution in [2.45, 2.75) is 49.9 Å². The quantitative estimate of drug-likeness (QED) is 0.162. The van der Waals surface area contributed by atoms with E-state index in [0.29, 0.717) is 18.5 Å². The van der Waals surface area contributed by atoms with Crippen LogP contribution < -0.4 is 27.0 Å². The topological polar surface area (TPSA) is 196 Å². The summed E-state index contributed by atoms with van der Waals surface area (Å²) in [5.41, 5.74) is 6.82. The van der Waals surface area contributed by atoms with Crippen molar-refractivity contribution in [2.24, 2.45) is 5.73 Å². The molecule has 2 aromatic rings. The third-order valence-electron chi connectivity index (χ3n) is 5.94. The molecular formula is C23H30N6O6S. The molecule has 3 rings (SSSR count). The van der Waals surface area contributed by atoms with E-state index in [-0.39, 0.29) is 12.2 Å². The maximum absolute atomic E-state index is 13.2. The van der Waals surface area contributed by atoms with Crippen LogP contribution in [0.15, 0.2) is 30.5 Å². The lowest BCUT2D eigenvalue weighted by atomic mass is 10.0. The Morgan fingerprint density at radius 3 is 2.39 bits per heavy atom. The number of nitrogens with one attached hydrogen (secondary N) is 5. The van der Waals surface area contributed by atoms with E-state index in [1.165, 1.54) is 0 Å². The Labute approximate surface area is 212 Å². The number of aromatic amines is 1. The number of rotatable bonds is 12. The first kappa shape index (κ1) is 27.0. The third-order valence-corrected chi connectivity index (χ3v) is 6.31. The number of fused-ring (bicyclic) bond motifs is 1. The number of amides is 4. The van der Waals surface area contributed by atoms with Gasteiger partial charge in [0.2, 0.25) is 23.6 Å². The third kappa shape index (κ3) is 6.98. The van der Waals surface area contributed by atoms with Gasteiger partial charge in [-0.05, 0) is 31.0 Å². The summed E-state index contributed by atoms with van der Waals surface area (Å²) in [6, 6.07) is 3.06. The second-order valence-electron chi connectivity index (χ2n) is 8.59. The van der Waals surface area contributed by atoms with Crippen LogP contribution in [0.2, 0.25) is 0 Å². The molecule has 4 amide bonds. The van der Waals surface area contributed by atoms with Crippen LogP contribution >= 0.6 is 12.6 Å². The van der Waals surface area contributed by atoms with Crippen molar-refractivity contribution in [2.75, 3.05) is 12.3 Å². The van der Waals surface area contributed by atoms with Gasteiger partial charge in [0, 0.05) is 29.3 Å². The number of aromatic nitrogens is 1. The Morgan fingerprint density at radius 2 is 1.75 bits per heavy atom. The molecule has 0 aliphatic carbocycles. The number of carboxylic acid groups (broad SMARTS) is 1. The number of aliphatic carboxylic acids is 1. The molecule has 1 aliphatic heterocycles. The Hall–Kier alpha value is -3.58. The van der Waals surface area contributed by atoms with Crippen LogP contribution in [0, 0.1) is 0 Å². The molecule has 1 saturated heterocycles. The highest BCUT2D eigenvalue weighted by Crippen LogP contribution is 2.19. The van der Waals surface area contributed by atoms with Gasteiger partial charge in [-0.3, -0.25) is 19.2 Å². The number of nitrogens with two attached hydrogens (primary N) is 1. The number of thiol groups is 1. The minimum Gasteiger partial charge on any atom is -0.480 e. The molecule has 1 aromatic heterocycles. The molecule has 36 heavy (non-hydrogen) atoms. The summed E-state index contributed by atoms with van der Waals surface area (Å²) in [5.74, 6) is -4.25. The highest BCUT2D eigenvalue weighted by Gasteiger charge is 2.32. The molecule has 4 unspecified atom stereocenters. The van der Waals surface area contributed by atoms with Crippen molar-refractivity contribution in [3.63, 3.8) is 0 Å². The Bertz CT molecular complexity index is 1130. The summed E-state index contributed by atoms with van der Waals surface area (Å²) in [7, 11) is 0. The van der Waals surface area contributed by atoms with E-state index >= 15 is 0 Å². The first-order valence-electron chi connectivity index (χ1n) is 11.5. The van der Waals surface area contributed by atoms with E-state index in [1.54, 1.807) is 6.20 Å². The standard InChI is InChI=1S/C23H30N6O6S/c24-19(30)9-17(28-20(31)15-6-3-7-25-15)22(33)27-16(21(32)29-18(11-36)23(34)35)8-12-10-26-14-5-2-1-4-13(12)14/h1-2,4-5,10,15-18,25-26,36H,3,6-9,11H2,(H2,24,30)(H,27,33)(H,28,31)(H,29,32)(H,34,35). The number of hydrogen-bond donors (Lipinski definition) is 8. The molecule has 0 saturated carbocycles. The largest absolute Gasteiger partial charge is 0.480 e. The predicted molar refractivity (Wildman–Crippen MR) is 134 cm³/mol. The molecule has 0 spiro atoms. The molecule has 8 N–H and O–H groups in total. The second kappa shape index (κ2) is 12.4. The fourth-order valence-corrected chi connectivity index (χ4v) is 4.30. The van der Waals surface area contributed by atoms with Crippen molar-refractivity contribution in [1.82, 2.24) is 26.3 Å². The van der Waals surface area contributed by atoms with Crippen LogP contribution in [0.5, 0.6) is 0 Å². The molecule has 194 valence electrons. The fraction of sp³-hybridized carbons (Fsp3) is 0.435. The van der Waals surface area contributed by atoms with Gasteiger partial charge in [0.15, 0.2) is 0 Å². The minimum atomic E-state index is -1.31. The Balaban J connectivity index is 1.82. The maximum atomic E-state index is 13.2. The highest BCUT2D eigenvalue weighted by molar-refractivity contribution is 7.80. The van der Waals surface area contributed by atoms with Gasteiger partial charge in [-0.15, -0.1) is 0 Å². The Kier molecular flexibility index (Phi) is 9.31. The molecule has 13 heteroatoms. The molecule has 0 bridgehead atoms. The van der Waals surface area contributed by atoms with E-state index in [1.807, 2.05) is 24.3 Å². The SMILES string of the molecule is NC(=O)CC(NC(=O)C1CCCN1)C(=O)NC(Cc1c[nH]c2ccccc12)C(=O)NC(CS)C(=O)O. The monoisotopic (exact) mass is 518 g/mol. The summed E-state index contributed by atoms with van der Waals surface area (Å²) in [6.07, 6.45) is 2.62. The van der Waals surface area contributed by atoms with Crippen LogP contribution in [-0.2, 0) is 30.4 Å². The van der Waals surface area contributed by atoms with Crippen LogP contribution in [0.1, 0.15) is 24.8 Å². The average Bonchev–Trinajstić information content (AvgIpc) is 3.51. The number of H-pyrrole nitrogens is 1. The zero-order chi connectivity index (χ0) is 26.2. The molecule has 2 heterocycles. The highest BCUT2D eigenvalue weighted by atomic mass is 32.1. The molecule has 1 fully saturated rings. The van der Waals surface area contributed by atoms with E-state index in [9.17, 15) is 29.1 Å².